The molecule has 3 rings (SSSR count). The van der Waals surface area contributed by atoms with Crippen molar-refractivity contribution in [1.82, 2.24) is 5.43 Å². The number of carbonyl (C=O) groups is 3. The molecular formula is C26H25N3O6. The SMILES string of the molecule is CCOc1ccc(C(=O)Oc2ccc(C=NNC(=O)C(=O)Nc3ccccc3)cc2OCC)cc1. The highest BCUT2D eigenvalue weighted by molar-refractivity contribution is 6.39. The van der Waals surface area contributed by atoms with Crippen molar-refractivity contribution >= 4 is 29.7 Å². The van der Waals surface area contributed by atoms with Gasteiger partial charge in [0.25, 0.3) is 0 Å². The van der Waals surface area contributed by atoms with Crippen LogP contribution in [0, 0.1) is 0 Å². The number of rotatable bonds is 9. The lowest BCUT2D eigenvalue weighted by Crippen LogP contribution is -2.32. The van der Waals surface area contributed by atoms with Crippen molar-refractivity contribution in [3.8, 4) is 17.2 Å². The molecule has 3 aromatic rings. The molecule has 0 fully saturated rings. The minimum Gasteiger partial charge on any atom is -0.494 e. The first-order valence-corrected chi connectivity index (χ1v) is 10.9. The zero-order chi connectivity index (χ0) is 25.0. The minimum atomic E-state index is -0.920. The smallest absolute Gasteiger partial charge is 0.343 e. The molecule has 2 N–H and O–H groups in total. The van der Waals surface area contributed by atoms with Gasteiger partial charge in [0, 0.05) is 5.69 Å². The number of esters is 1. The van der Waals surface area contributed by atoms with Gasteiger partial charge >= 0.3 is 17.8 Å². The van der Waals surface area contributed by atoms with Crippen LogP contribution in [-0.4, -0.2) is 37.2 Å². The zero-order valence-electron chi connectivity index (χ0n) is 19.3. The fourth-order valence-corrected chi connectivity index (χ4v) is 2.90. The molecule has 0 spiro atoms. The monoisotopic (exact) mass is 475 g/mol. The second-order valence-electron chi connectivity index (χ2n) is 7.01. The molecule has 35 heavy (non-hydrogen) atoms. The van der Waals surface area contributed by atoms with E-state index in [2.05, 4.69) is 15.8 Å². The Morgan fingerprint density at radius 3 is 2.23 bits per heavy atom. The van der Waals surface area contributed by atoms with Gasteiger partial charge in [-0.1, -0.05) is 18.2 Å². The standard InChI is InChI=1S/C26H25N3O6/c1-3-33-21-13-11-19(12-14-21)26(32)35-22-15-10-18(16-23(22)34-4-2)17-27-29-25(31)24(30)28-20-8-6-5-7-9-20/h5-17H,3-4H2,1-2H3,(H,28,30)(H,29,31). The molecule has 9 nitrogen and oxygen atoms in total. The van der Waals surface area contributed by atoms with Crippen molar-refractivity contribution < 1.29 is 28.6 Å². The predicted molar refractivity (Wildman–Crippen MR) is 131 cm³/mol. The van der Waals surface area contributed by atoms with Crippen molar-refractivity contribution in [1.29, 1.82) is 0 Å². The summed E-state index contributed by atoms with van der Waals surface area (Å²) in [4.78, 5) is 36.4. The van der Waals surface area contributed by atoms with E-state index >= 15 is 0 Å². The number of benzene rings is 3. The second-order valence-corrected chi connectivity index (χ2v) is 7.01. The van der Waals surface area contributed by atoms with Crippen LogP contribution in [0.25, 0.3) is 0 Å². The number of hydrogen-bond donors (Lipinski definition) is 2. The maximum Gasteiger partial charge on any atom is 0.343 e. The van der Waals surface area contributed by atoms with Crippen molar-refractivity contribution in [2.45, 2.75) is 13.8 Å². The first-order valence-electron chi connectivity index (χ1n) is 10.9. The minimum absolute atomic E-state index is 0.231. The molecule has 9 heteroatoms. The summed E-state index contributed by atoms with van der Waals surface area (Å²) in [5.74, 6) is -1.10. The van der Waals surface area contributed by atoms with Gasteiger partial charge in [0.15, 0.2) is 11.5 Å². The van der Waals surface area contributed by atoms with E-state index in [0.29, 0.717) is 41.5 Å². The quantitative estimate of drug-likeness (QED) is 0.160. The van der Waals surface area contributed by atoms with E-state index in [-0.39, 0.29) is 5.75 Å². The van der Waals surface area contributed by atoms with Crippen LogP contribution < -0.4 is 25.0 Å². The van der Waals surface area contributed by atoms with E-state index < -0.39 is 17.8 Å². The Morgan fingerprint density at radius 2 is 1.54 bits per heavy atom. The molecule has 0 atom stereocenters. The Kier molecular flexibility index (Phi) is 8.95. The molecule has 0 saturated heterocycles. The Labute approximate surface area is 202 Å². The number of nitrogens with zero attached hydrogens (tertiary/aromatic N) is 1. The van der Waals surface area contributed by atoms with Gasteiger partial charge < -0.3 is 19.5 Å². The second kappa shape index (κ2) is 12.5. The number of anilines is 1. The number of para-hydroxylation sites is 1. The highest BCUT2D eigenvalue weighted by atomic mass is 16.6. The first kappa shape index (κ1) is 25.0. The van der Waals surface area contributed by atoms with Gasteiger partial charge in [-0.15, -0.1) is 0 Å². The molecule has 0 aliphatic carbocycles. The summed E-state index contributed by atoms with van der Waals surface area (Å²) >= 11 is 0. The van der Waals surface area contributed by atoms with Crippen molar-refractivity contribution in [3.63, 3.8) is 0 Å². The van der Waals surface area contributed by atoms with Crippen LogP contribution in [0.2, 0.25) is 0 Å². The third-order valence-electron chi connectivity index (χ3n) is 4.49. The van der Waals surface area contributed by atoms with Gasteiger partial charge in [0.2, 0.25) is 0 Å². The third kappa shape index (κ3) is 7.43. The van der Waals surface area contributed by atoms with E-state index in [0.717, 1.165) is 0 Å². The predicted octanol–water partition coefficient (Wildman–Crippen LogP) is 3.79. The molecule has 0 aliphatic rings. The Balaban J connectivity index is 1.62. The van der Waals surface area contributed by atoms with Gasteiger partial charge in [0.05, 0.1) is 25.0 Å². The molecule has 2 amide bonds. The third-order valence-corrected chi connectivity index (χ3v) is 4.49. The van der Waals surface area contributed by atoms with Gasteiger partial charge in [-0.25, -0.2) is 10.2 Å². The summed E-state index contributed by atoms with van der Waals surface area (Å²) < 4.78 is 16.5. The lowest BCUT2D eigenvalue weighted by molar-refractivity contribution is -0.136. The highest BCUT2D eigenvalue weighted by Gasteiger charge is 2.14. The van der Waals surface area contributed by atoms with E-state index in [4.69, 9.17) is 14.2 Å². The van der Waals surface area contributed by atoms with Crippen LogP contribution in [0.3, 0.4) is 0 Å². The van der Waals surface area contributed by atoms with Crippen molar-refractivity contribution in [2.24, 2.45) is 5.10 Å². The summed E-state index contributed by atoms with van der Waals surface area (Å²) in [6.07, 6.45) is 1.34. The van der Waals surface area contributed by atoms with Crippen molar-refractivity contribution in [2.75, 3.05) is 18.5 Å². The number of nitrogens with one attached hydrogen (secondary N) is 2. The summed E-state index contributed by atoms with van der Waals surface area (Å²) in [7, 11) is 0. The average Bonchev–Trinajstić information content (AvgIpc) is 2.87. The van der Waals surface area contributed by atoms with Gasteiger partial charge in [0.1, 0.15) is 5.75 Å². The normalized spacial score (nSPS) is 10.5. The molecule has 0 unspecified atom stereocenters. The molecule has 0 aliphatic heterocycles. The molecule has 3 aromatic carbocycles. The molecule has 180 valence electrons. The number of hydrazone groups is 1. The van der Waals surface area contributed by atoms with E-state index in [9.17, 15) is 14.4 Å². The van der Waals surface area contributed by atoms with Crippen LogP contribution in [0.15, 0.2) is 77.9 Å². The number of carbonyl (C=O) groups excluding carboxylic acids is 3. The topological polar surface area (TPSA) is 115 Å². The van der Waals surface area contributed by atoms with Gasteiger partial charge in [-0.05, 0) is 74.0 Å². The molecule has 0 bridgehead atoms. The Morgan fingerprint density at radius 1 is 0.829 bits per heavy atom. The fourth-order valence-electron chi connectivity index (χ4n) is 2.90. The number of amides is 2. The fraction of sp³-hybridized carbons (Fsp3) is 0.154. The first-order chi connectivity index (χ1) is 17.0. The van der Waals surface area contributed by atoms with Gasteiger partial charge in [-0.3, -0.25) is 9.59 Å². The van der Waals surface area contributed by atoms with Crippen LogP contribution in [0.5, 0.6) is 17.2 Å². The number of ether oxygens (including phenoxy) is 3. The summed E-state index contributed by atoms with van der Waals surface area (Å²) in [5.41, 5.74) is 3.57. The highest BCUT2D eigenvalue weighted by Crippen LogP contribution is 2.29. The number of hydrogen-bond acceptors (Lipinski definition) is 7. The summed E-state index contributed by atoms with van der Waals surface area (Å²) in [6.45, 7) is 4.54. The van der Waals surface area contributed by atoms with Gasteiger partial charge in [-0.2, -0.15) is 5.10 Å². The van der Waals surface area contributed by atoms with E-state index in [1.807, 2.05) is 6.92 Å². The average molecular weight is 476 g/mol. The lowest BCUT2D eigenvalue weighted by atomic mass is 10.2. The van der Waals surface area contributed by atoms with E-state index in [1.54, 1.807) is 79.7 Å². The van der Waals surface area contributed by atoms with Crippen molar-refractivity contribution in [3.05, 3.63) is 83.9 Å². The zero-order valence-corrected chi connectivity index (χ0v) is 19.3. The van der Waals surface area contributed by atoms with E-state index in [1.165, 1.54) is 6.21 Å². The molecule has 0 radical (unpaired) electrons. The Bertz CT molecular complexity index is 1190. The van der Waals surface area contributed by atoms with Crippen LogP contribution in [-0.2, 0) is 9.59 Å². The summed E-state index contributed by atoms with van der Waals surface area (Å²) in [5, 5.41) is 6.27. The maximum absolute atomic E-state index is 12.5. The molecule has 0 aromatic heterocycles. The molecular weight excluding hydrogens is 450 g/mol. The summed E-state index contributed by atoms with van der Waals surface area (Å²) in [6, 6.07) is 20.0. The van der Waals surface area contributed by atoms with Crippen LogP contribution in [0.4, 0.5) is 5.69 Å². The lowest BCUT2D eigenvalue weighted by Gasteiger charge is -2.11. The van der Waals surface area contributed by atoms with Crippen LogP contribution >= 0.6 is 0 Å². The molecule has 0 saturated carbocycles. The molecule has 0 heterocycles. The maximum atomic E-state index is 12.5. The Hall–Kier alpha value is -4.66. The van der Waals surface area contributed by atoms with Crippen LogP contribution in [0.1, 0.15) is 29.8 Å². The largest absolute Gasteiger partial charge is 0.494 e.